The van der Waals surface area contributed by atoms with E-state index in [2.05, 4.69) is 41.5 Å². The normalized spacial score (nSPS) is 23.0. The molecule has 2 N–H and O–H groups in total. The fourth-order valence-corrected chi connectivity index (χ4v) is 4.07. The lowest BCUT2D eigenvalue weighted by molar-refractivity contribution is 0.0905. The third-order valence-corrected chi connectivity index (χ3v) is 5.51. The Bertz CT molecular complexity index is 703. The molecule has 4 nitrogen and oxygen atoms in total. The second-order valence-corrected chi connectivity index (χ2v) is 7.09. The average Bonchev–Trinajstić information content (AvgIpc) is 3.15. The van der Waals surface area contributed by atoms with Crippen LogP contribution in [-0.2, 0) is 4.74 Å². The van der Waals surface area contributed by atoms with E-state index in [9.17, 15) is 0 Å². The van der Waals surface area contributed by atoms with Crippen LogP contribution < -0.4 is 5.32 Å². The third-order valence-electron chi connectivity index (χ3n) is 4.27. The van der Waals surface area contributed by atoms with Crippen molar-refractivity contribution in [2.75, 3.05) is 24.3 Å². The first-order valence-corrected chi connectivity index (χ1v) is 8.95. The Balaban J connectivity index is 1.64. The maximum Gasteiger partial charge on any atom is 0.114 e. The molecule has 22 heavy (non-hydrogen) atoms. The second kappa shape index (κ2) is 5.97. The number of fused-ring (bicyclic) bond motifs is 1. The third kappa shape index (κ3) is 2.75. The first-order chi connectivity index (χ1) is 10.8. The molecule has 116 valence electrons. The zero-order valence-electron chi connectivity index (χ0n) is 12.8. The lowest BCUT2D eigenvalue weighted by atomic mass is 10.1. The number of anilines is 1. The molecule has 2 aromatic rings. The van der Waals surface area contributed by atoms with Gasteiger partial charge in [0.25, 0.3) is 0 Å². The molecule has 0 radical (unpaired) electrons. The lowest BCUT2D eigenvalue weighted by Gasteiger charge is -2.24. The van der Waals surface area contributed by atoms with Crippen LogP contribution in [0.3, 0.4) is 0 Å². The first kappa shape index (κ1) is 14.2. The summed E-state index contributed by atoms with van der Waals surface area (Å²) in [6.07, 6.45) is 2.15. The molecular formula is C17H21N3OS. The highest BCUT2D eigenvalue weighted by molar-refractivity contribution is 8.14. The summed E-state index contributed by atoms with van der Waals surface area (Å²) >= 11 is 1.84. The summed E-state index contributed by atoms with van der Waals surface area (Å²) in [5, 5.41) is 6.06. The number of hydrogen-bond donors (Lipinski definition) is 2. The quantitative estimate of drug-likeness (QED) is 0.909. The van der Waals surface area contributed by atoms with Gasteiger partial charge in [-0.2, -0.15) is 0 Å². The summed E-state index contributed by atoms with van der Waals surface area (Å²) in [5.74, 6) is 1.08. The number of nitrogens with one attached hydrogen (secondary N) is 2. The Morgan fingerprint density at radius 1 is 1.32 bits per heavy atom. The first-order valence-electron chi connectivity index (χ1n) is 7.96. The van der Waals surface area contributed by atoms with Gasteiger partial charge in [0, 0.05) is 30.4 Å². The van der Waals surface area contributed by atoms with Crippen molar-refractivity contribution >= 4 is 33.4 Å². The minimum Gasteiger partial charge on any atom is -0.381 e. The van der Waals surface area contributed by atoms with E-state index in [0.717, 1.165) is 42.5 Å². The van der Waals surface area contributed by atoms with Crippen LogP contribution in [0.5, 0.6) is 0 Å². The molecule has 0 saturated carbocycles. The van der Waals surface area contributed by atoms with Crippen LogP contribution in [0.15, 0.2) is 29.3 Å². The number of aliphatic imine (C=N–C) groups is 1. The zero-order valence-corrected chi connectivity index (χ0v) is 13.6. The van der Waals surface area contributed by atoms with Gasteiger partial charge in [-0.1, -0.05) is 12.1 Å². The van der Waals surface area contributed by atoms with Crippen molar-refractivity contribution in [2.24, 2.45) is 4.99 Å². The van der Waals surface area contributed by atoms with Gasteiger partial charge in [0.05, 0.1) is 22.9 Å². The van der Waals surface area contributed by atoms with Crippen molar-refractivity contribution in [2.45, 2.75) is 31.8 Å². The van der Waals surface area contributed by atoms with Gasteiger partial charge in [-0.3, -0.25) is 4.99 Å². The molecule has 1 atom stereocenters. The Morgan fingerprint density at radius 3 is 2.95 bits per heavy atom. The van der Waals surface area contributed by atoms with Gasteiger partial charge in [0.2, 0.25) is 0 Å². The molecule has 0 amide bonds. The molecule has 0 bridgehead atoms. The van der Waals surface area contributed by atoms with Crippen molar-refractivity contribution in [1.82, 2.24) is 4.98 Å². The van der Waals surface area contributed by atoms with Crippen molar-refractivity contribution in [3.63, 3.8) is 0 Å². The standard InChI is InChI=1S/C17H21N3OS/c1-11-10-22-17(18-11)15-9-12-3-2-4-14(16(12)20-15)19-13-5-7-21-8-6-13/h2-4,9,11,13,19-20H,5-8,10H2,1H3. The van der Waals surface area contributed by atoms with Gasteiger partial charge in [-0.15, -0.1) is 11.8 Å². The molecule has 1 aromatic heterocycles. The number of H-pyrrole nitrogens is 1. The number of aromatic nitrogens is 1. The molecule has 5 heteroatoms. The predicted octanol–water partition coefficient (Wildman–Crippen LogP) is 3.64. The summed E-state index contributed by atoms with van der Waals surface area (Å²) in [7, 11) is 0. The fourth-order valence-electron chi connectivity index (χ4n) is 3.08. The summed E-state index contributed by atoms with van der Waals surface area (Å²) in [6, 6.07) is 9.58. The van der Waals surface area contributed by atoms with E-state index >= 15 is 0 Å². The van der Waals surface area contributed by atoms with Gasteiger partial charge in [-0.05, 0) is 31.9 Å². The average molecular weight is 315 g/mol. The molecule has 0 aliphatic carbocycles. The maximum absolute atomic E-state index is 5.44. The van der Waals surface area contributed by atoms with Crippen LogP contribution in [0.1, 0.15) is 25.5 Å². The number of hydrogen-bond acceptors (Lipinski definition) is 4. The van der Waals surface area contributed by atoms with Gasteiger partial charge in [0.15, 0.2) is 0 Å². The second-order valence-electron chi connectivity index (χ2n) is 6.08. The molecular weight excluding hydrogens is 294 g/mol. The van der Waals surface area contributed by atoms with E-state index in [1.54, 1.807) is 0 Å². The van der Waals surface area contributed by atoms with Gasteiger partial charge >= 0.3 is 0 Å². The van der Waals surface area contributed by atoms with E-state index in [0.29, 0.717) is 12.1 Å². The number of thioether (sulfide) groups is 1. The Morgan fingerprint density at radius 2 is 2.18 bits per heavy atom. The van der Waals surface area contributed by atoms with Gasteiger partial charge < -0.3 is 15.0 Å². The van der Waals surface area contributed by atoms with Crippen LogP contribution in [0, 0.1) is 0 Å². The smallest absolute Gasteiger partial charge is 0.114 e. The van der Waals surface area contributed by atoms with Crippen molar-refractivity contribution in [3.05, 3.63) is 30.0 Å². The molecule has 3 heterocycles. The zero-order chi connectivity index (χ0) is 14.9. The molecule has 2 aliphatic rings. The maximum atomic E-state index is 5.44. The van der Waals surface area contributed by atoms with Crippen molar-refractivity contribution in [3.8, 4) is 0 Å². The molecule has 1 unspecified atom stereocenters. The summed E-state index contributed by atoms with van der Waals surface area (Å²) in [6.45, 7) is 3.88. The van der Waals surface area contributed by atoms with Gasteiger partial charge in [0.1, 0.15) is 5.04 Å². The minimum atomic E-state index is 0.422. The van der Waals surface area contributed by atoms with Crippen molar-refractivity contribution in [1.29, 1.82) is 0 Å². The number of benzene rings is 1. The SMILES string of the molecule is CC1CSC(c2cc3cccc(NC4CCOCC4)c3[nH]2)=N1. The van der Waals surface area contributed by atoms with E-state index < -0.39 is 0 Å². The molecule has 1 fully saturated rings. The monoisotopic (exact) mass is 315 g/mol. The summed E-state index contributed by atoms with van der Waals surface area (Å²) < 4.78 is 5.44. The highest BCUT2D eigenvalue weighted by atomic mass is 32.2. The number of rotatable bonds is 3. The van der Waals surface area contributed by atoms with E-state index in [4.69, 9.17) is 9.73 Å². The molecule has 0 spiro atoms. The van der Waals surface area contributed by atoms with Gasteiger partial charge in [-0.25, -0.2) is 0 Å². The molecule has 4 rings (SSSR count). The highest BCUT2D eigenvalue weighted by Crippen LogP contribution is 2.29. The van der Waals surface area contributed by atoms with Crippen LogP contribution >= 0.6 is 11.8 Å². The minimum absolute atomic E-state index is 0.422. The van der Waals surface area contributed by atoms with E-state index in [-0.39, 0.29) is 0 Å². The van der Waals surface area contributed by atoms with Crippen LogP contribution in [0.2, 0.25) is 0 Å². The number of para-hydroxylation sites is 1. The van der Waals surface area contributed by atoms with Crippen LogP contribution in [0.4, 0.5) is 5.69 Å². The number of ether oxygens (including phenoxy) is 1. The van der Waals surface area contributed by atoms with E-state index in [1.165, 1.54) is 16.6 Å². The summed E-state index contributed by atoms with van der Waals surface area (Å²) in [5.41, 5.74) is 3.52. The highest BCUT2D eigenvalue weighted by Gasteiger charge is 2.19. The fraction of sp³-hybridized carbons (Fsp3) is 0.471. The molecule has 2 aliphatic heterocycles. The predicted molar refractivity (Wildman–Crippen MR) is 94.2 cm³/mol. The number of nitrogens with zero attached hydrogens (tertiary/aromatic N) is 1. The van der Waals surface area contributed by atoms with Crippen LogP contribution in [-0.4, -0.2) is 41.1 Å². The lowest BCUT2D eigenvalue weighted by Crippen LogP contribution is -2.27. The Labute approximate surface area is 134 Å². The number of aromatic amines is 1. The van der Waals surface area contributed by atoms with Crippen molar-refractivity contribution < 1.29 is 4.74 Å². The topological polar surface area (TPSA) is 49.4 Å². The van der Waals surface area contributed by atoms with E-state index in [1.807, 2.05) is 11.8 Å². The molecule has 1 saturated heterocycles. The van der Waals surface area contributed by atoms with Crippen LogP contribution in [0.25, 0.3) is 10.9 Å². The molecule has 1 aromatic carbocycles. The Kier molecular flexibility index (Phi) is 3.84. The largest absolute Gasteiger partial charge is 0.381 e. The Hall–Kier alpha value is -1.46. The summed E-state index contributed by atoms with van der Waals surface area (Å²) in [4.78, 5) is 8.28.